The van der Waals surface area contributed by atoms with Gasteiger partial charge >= 0.3 is 0 Å². The van der Waals surface area contributed by atoms with Gasteiger partial charge in [-0.2, -0.15) is 5.10 Å². The van der Waals surface area contributed by atoms with Crippen LogP contribution in [0, 0.1) is 5.92 Å². The lowest BCUT2D eigenvalue weighted by atomic mass is 10.0. The minimum atomic E-state index is -0.338. The average Bonchev–Trinajstić information content (AvgIpc) is 3.36. The number of pyridine rings is 1. The van der Waals surface area contributed by atoms with Crippen LogP contribution in [0.15, 0.2) is 61.2 Å². The SMILES string of the molecule is COc1ccc(-c2ccncc2)cc1CN[C@@H]1CC(Cn2cccn2)C[C@H]1O. The molecule has 28 heavy (non-hydrogen) atoms. The maximum Gasteiger partial charge on any atom is 0.123 e. The van der Waals surface area contributed by atoms with Crippen molar-refractivity contribution in [1.29, 1.82) is 0 Å². The van der Waals surface area contributed by atoms with E-state index < -0.39 is 0 Å². The van der Waals surface area contributed by atoms with E-state index in [4.69, 9.17) is 4.74 Å². The van der Waals surface area contributed by atoms with E-state index >= 15 is 0 Å². The number of benzene rings is 1. The fraction of sp³-hybridized carbons (Fsp3) is 0.364. The van der Waals surface area contributed by atoms with Gasteiger partial charge in [-0.05, 0) is 60.2 Å². The van der Waals surface area contributed by atoms with Crippen LogP contribution in [-0.4, -0.2) is 39.1 Å². The maximum atomic E-state index is 10.5. The number of aliphatic hydroxyl groups is 1. The standard InChI is InChI=1S/C22H26N4O2/c1-28-22-4-3-18(17-5-8-23-9-6-17)13-19(22)14-24-20-11-16(12-21(20)27)15-26-10-2-7-25-26/h2-10,13,16,20-21,24,27H,11-12,14-15H2,1H3/t16?,20-,21-/m1/s1. The Labute approximate surface area is 165 Å². The molecular formula is C22H26N4O2. The van der Waals surface area contributed by atoms with Gasteiger partial charge < -0.3 is 15.2 Å². The number of aliphatic hydroxyl groups excluding tert-OH is 1. The van der Waals surface area contributed by atoms with Gasteiger partial charge in [0.15, 0.2) is 0 Å². The molecule has 0 radical (unpaired) electrons. The molecule has 0 bridgehead atoms. The van der Waals surface area contributed by atoms with Gasteiger partial charge in [0, 0.05) is 49.5 Å². The molecule has 1 fully saturated rings. The number of hydrogen-bond donors (Lipinski definition) is 2. The lowest BCUT2D eigenvalue weighted by molar-refractivity contribution is 0.145. The van der Waals surface area contributed by atoms with Crippen molar-refractivity contribution in [2.75, 3.05) is 7.11 Å². The summed E-state index contributed by atoms with van der Waals surface area (Å²) in [6, 6.07) is 12.2. The molecule has 1 unspecified atom stereocenters. The Bertz CT molecular complexity index is 883. The predicted molar refractivity (Wildman–Crippen MR) is 108 cm³/mol. The van der Waals surface area contributed by atoms with Crippen LogP contribution in [0.2, 0.25) is 0 Å². The molecular weight excluding hydrogens is 352 g/mol. The second-order valence-corrected chi connectivity index (χ2v) is 7.38. The first-order chi connectivity index (χ1) is 13.7. The van der Waals surface area contributed by atoms with E-state index in [2.05, 4.69) is 27.5 Å². The molecule has 0 amide bonds. The number of rotatable bonds is 7. The summed E-state index contributed by atoms with van der Waals surface area (Å²) in [4.78, 5) is 4.09. The minimum absolute atomic E-state index is 0.0786. The van der Waals surface area contributed by atoms with Crippen molar-refractivity contribution in [3.05, 3.63) is 66.7 Å². The van der Waals surface area contributed by atoms with E-state index in [1.807, 2.05) is 35.1 Å². The first-order valence-electron chi connectivity index (χ1n) is 9.69. The van der Waals surface area contributed by atoms with Crippen molar-refractivity contribution in [1.82, 2.24) is 20.1 Å². The summed E-state index contributed by atoms with van der Waals surface area (Å²) in [6.45, 7) is 1.50. The van der Waals surface area contributed by atoms with Gasteiger partial charge in [-0.15, -0.1) is 0 Å². The second-order valence-electron chi connectivity index (χ2n) is 7.38. The van der Waals surface area contributed by atoms with Crippen LogP contribution in [0.4, 0.5) is 0 Å². The van der Waals surface area contributed by atoms with Gasteiger partial charge in [0.25, 0.3) is 0 Å². The van der Waals surface area contributed by atoms with E-state index in [1.54, 1.807) is 25.7 Å². The van der Waals surface area contributed by atoms with Crippen LogP contribution in [0.3, 0.4) is 0 Å². The van der Waals surface area contributed by atoms with Crippen molar-refractivity contribution in [3.63, 3.8) is 0 Å². The Balaban J connectivity index is 1.42. The zero-order valence-electron chi connectivity index (χ0n) is 16.0. The molecule has 0 saturated heterocycles. The number of ether oxygens (including phenoxy) is 1. The van der Waals surface area contributed by atoms with Gasteiger partial charge in [-0.1, -0.05) is 6.07 Å². The van der Waals surface area contributed by atoms with Crippen LogP contribution in [0.25, 0.3) is 11.1 Å². The average molecular weight is 378 g/mol. The van der Waals surface area contributed by atoms with Crippen molar-refractivity contribution < 1.29 is 9.84 Å². The van der Waals surface area contributed by atoms with E-state index in [1.165, 1.54) is 0 Å². The van der Waals surface area contributed by atoms with Gasteiger partial charge in [0.1, 0.15) is 5.75 Å². The zero-order valence-corrected chi connectivity index (χ0v) is 16.0. The normalized spacial score (nSPS) is 21.7. The van der Waals surface area contributed by atoms with Gasteiger partial charge in [-0.25, -0.2) is 0 Å². The number of aromatic nitrogens is 3. The van der Waals surface area contributed by atoms with Crippen LogP contribution in [0.5, 0.6) is 5.75 Å². The van der Waals surface area contributed by atoms with Crippen molar-refractivity contribution in [2.24, 2.45) is 5.92 Å². The van der Waals surface area contributed by atoms with Gasteiger partial charge in [-0.3, -0.25) is 9.67 Å². The largest absolute Gasteiger partial charge is 0.496 e. The molecule has 2 aromatic heterocycles. The molecule has 2 N–H and O–H groups in total. The third kappa shape index (κ3) is 4.24. The van der Waals surface area contributed by atoms with Crippen molar-refractivity contribution in [2.45, 2.75) is 38.1 Å². The third-order valence-corrected chi connectivity index (χ3v) is 5.48. The Morgan fingerprint density at radius 1 is 1.14 bits per heavy atom. The van der Waals surface area contributed by atoms with Crippen LogP contribution >= 0.6 is 0 Å². The lowest BCUT2D eigenvalue weighted by Gasteiger charge is -2.18. The van der Waals surface area contributed by atoms with E-state index in [0.717, 1.165) is 41.8 Å². The Hall–Kier alpha value is -2.70. The highest BCUT2D eigenvalue weighted by molar-refractivity contribution is 5.65. The second kappa shape index (κ2) is 8.54. The lowest BCUT2D eigenvalue weighted by Crippen LogP contribution is -2.35. The monoisotopic (exact) mass is 378 g/mol. The fourth-order valence-electron chi connectivity index (χ4n) is 4.04. The molecule has 3 atom stereocenters. The number of nitrogens with zero attached hydrogens (tertiary/aromatic N) is 3. The smallest absolute Gasteiger partial charge is 0.123 e. The summed E-state index contributed by atoms with van der Waals surface area (Å²) in [5.41, 5.74) is 3.34. The first-order valence-corrected chi connectivity index (χ1v) is 9.69. The molecule has 1 saturated carbocycles. The molecule has 1 aliphatic carbocycles. The summed E-state index contributed by atoms with van der Waals surface area (Å²) < 4.78 is 7.49. The Kier molecular flexibility index (Phi) is 5.69. The summed E-state index contributed by atoms with van der Waals surface area (Å²) in [6.07, 6.45) is 8.76. The van der Waals surface area contributed by atoms with Crippen LogP contribution in [0.1, 0.15) is 18.4 Å². The molecule has 1 aromatic carbocycles. The maximum absolute atomic E-state index is 10.5. The topological polar surface area (TPSA) is 72.2 Å². The Morgan fingerprint density at radius 3 is 2.75 bits per heavy atom. The highest BCUT2D eigenvalue weighted by Crippen LogP contribution is 2.30. The Morgan fingerprint density at radius 2 is 2.00 bits per heavy atom. The predicted octanol–water partition coefficient (Wildman–Crippen LogP) is 2.88. The summed E-state index contributed by atoms with van der Waals surface area (Å²) >= 11 is 0. The van der Waals surface area contributed by atoms with Crippen molar-refractivity contribution >= 4 is 0 Å². The van der Waals surface area contributed by atoms with Crippen LogP contribution < -0.4 is 10.1 Å². The highest BCUT2D eigenvalue weighted by atomic mass is 16.5. The zero-order chi connectivity index (χ0) is 19.3. The molecule has 146 valence electrons. The molecule has 2 heterocycles. The molecule has 0 spiro atoms. The highest BCUT2D eigenvalue weighted by Gasteiger charge is 2.32. The summed E-state index contributed by atoms with van der Waals surface area (Å²) in [5.74, 6) is 1.28. The summed E-state index contributed by atoms with van der Waals surface area (Å²) in [5, 5.41) is 18.3. The van der Waals surface area contributed by atoms with Crippen LogP contribution in [-0.2, 0) is 13.1 Å². The molecule has 1 aliphatic rings. The fourth-order valence-corrected chi connectivity index (χ4v) is 4.04. The van der Waals surface area contributed by atoms with Gasteiger partial charge in [0.05, 0.1) is 13.2 Å². The van der Waals surface area contributed by atoms with E-state index in [9.17, 15) is 5.11 Å². The van der Waals surface area contributed by atoms with E-state index in [-0.39, 0.29) is 12.1 Å². The molecule has 3 aromatic rings. The molecule has 6 heteroatoms. The number of methoxy groups -OCH3 is 1. The number of nitrogens with one attached hydrogen (secondary N) is 1. The first kappa shape index (κ1) is 18.7. The summed E-state index contributed by atoms with van der Waals surface area (Å²) in [7, 11) is 1.69. The number of hydrogen-bond acceptors (Lipinski definition) is 5. The third-order valence-electron chi connectivity index (χ3n) is 5.48. The molecule has 0 aliphatic heterocycles. The minimum Gasteiger partial charge on any atom is -0.496 e. The van der Waals surface area contributed by atoms with E-state index in [0.29, 0.717) is 12.5 Å². The van der Waals surface area contributed by atoms with Gasteiger partial charge in [0.2, 0.25) is 0 Å². The quantitative estimate of drug-likeness (QED) is 0.661. The molecule has 6 nitrogen and oxygen atoms in total. The molecule has 4 rings (SSSR count). The van der Waals surface area contributed by atoms with Crippen molar-refractivity contribution in [3.8, 4) is 16.9 Å².